The number of aromatic nitrogens is 1. The van der Waals surface area contributed by atoms with E-state index < -0.39 is 0 Å². The molecule has 0 bridgehead atoms. The van der Waals surface area contributed by atoms with E-state index in [9.17, 15) is 5.11 Å². The summed E-state index contributed by atoms with van der Waals surface area (Å²) in [6.07, 6.45) is 6.82. The van der Waals surface area contributed by atoms with Crippen molar-refractivity contribution in [3.05, 3.63) is 23.9 Å². The summed E-state index contributed by atoms with van der Waals surface area (Å²) in [7, 11) is 4.08. The average molecular weight is 303 g/mol. The minimum atomic E-state index is -0.111. The van der Waals surface area contributed by atoms with Gasteiger partial charge in [-0.2, -0.15) is 0 Å². The van der Waals surface area contributed by atoms with Gasteiger partial charge in [0.1, 0.15) is 5.82 Å². The molecule has 0 spiro atoms. The van der Waals surface area contributed by atoms with Crippen molar-refractivity contribution in [1.82, 2.24) is 9.88 Å². The van der Waals surface area contributed by atoms with Gasteiger partial charge in [0.15, 0.2) is 0 Å². The molecule has 1 saturated carbocycles. The van der Waals surface area contributed by atoms with Gasteiger partial charge >= 0.3 is 0 Å². The summed E-state index contributed by atoms with van der Waals surface area (Å²) < 4.78 is 0. The van der Waals surface area contributed by atoms with Crippen LogP contribution in [0.1, 0.15) is 50.1 Å². The van der Waals surface area contributed by atoms with Crippen molar-refractivity contribution in [2.24, 2.45) is 0 Å². The largest absolute Gasteiger partial charge is 0.391 e. The maximum Gasteiger partial charge on any atom is 0.128 e. The Kier molecular flexibility index (Phi) is 4.99. The quantitative estimate of drug-likeness (QED) is 0.932. The van der Waals surface area contributed by atoms with E-state index in [0.717, 1.165) is 38.2 Å². The summed E-state index contributed by atoms with van der Waals surface area (Å²) in [5.41, 5.74) is 1.23. The molecule has 1 aliphatic heterocycles. The monoisotopic (exact) mass is 303 g/mol. The maximum absolute atomic E-state index is 10.2. The summed E-state index contributed by atoms with van der Waals surface area (Å²) in [4.78, 5) is 9.40. The Labute approximate surface area is 134 Å². The van der Waals surface area contributed by atoms with E-state index in [1.54, 1.807) is 0 Å². The van der Waals surface area contributed by atoms with Gasteiger partial charge in [-0.25, -0.2) is 4.98 Å². The highest BCUT2D eigenvalue weighted by atomic mass is 16.3. The van der Waals surface area contributed by atoms with Crippen molar-refractivity contribution in [3.63, 3.8) is 0 Å². The molecule has 3 rings (SSSR count). The molecule has 22 heavy (non-hydrogen) atoms. The molecule has 2 heterocycles. The molecule has 1 saturated heterocycles. The SMILES string of the molecule is CN(C)c1cccc(C2CCN([C@H]3CCCC[C@H]3O)CC2)n1. The predicted octanol–water partition coefficient (Wildman–Crippen LogP) is 2.63. The second-order valence-corrected chi connectivity index (χ2v) is 7.04. The number of hydrogen-bond donors (Lipinski definition) is 1. The third-order valence-electron chi connectivity index (χ3n) is 5.32. The zero-order valence-corrected chi connectivity index (χ0v) is 13.9. The number of aliphatic hydroxyl groups excluding tert-OH is 1. The van der Waals surface area contributed by atoms with Crippen LogP contribution >= 0.6 is 0 Å². The van der Waals surface area contributed by atoms with E-state index in [-0.39, 0.29) is 6.10 Å². The summed E-state index contributed by atoms with van der Waals surface area (Å²) >= 11 is 0. The summed E-state index contributed by atoms with van der Waals surface area (Å²) in [6, 6.07) is 6.75. The van der Waals surface area contributed by atoms with E-state index in [1.807, 2.05) is 14.1 Å². The maximum atomic E-state index is 10.2. The van der Waals surface area contributed by atoms with Crippen LogP contribution in [0, 0.1) is 0 Å². The molecule has 122 valence electrons. The van der Waals surface area contributed by atoms with Crippen molar-refractivity contribution >= 4 is 5.82 Å². The van der Waals surface area contributed by atoms with Crippen LogP contribution in [0.2, 0.25) is 0 Å². The van der Waals surface area contributed by atoms with Crippen LogP contribution in [0.3, 0.4) is 0 Å². The predicted molar refractivity (Wildman–Crippen MR) is 90.4 cm³/mol. The molecule has 2 aliphatic rings. The molecule has 1 aromatic heterocycles. The van der Waals surface area contributed by atoms with Crippen molar-refractivity contribution in [2.75, 3.05) is 32.1 Å². The van der Waals surface area contributed by atoms with Gasteiger partial charge in [-0.05, 0) is 50.9 Å². The van der Waals surface area contributed by atoms with Gasteiger partial charge in [-0.15, -0.1) is 0 Å². The van der Waals surface area contributed by atoms with E-state index in [0.29, 0.717) is 12.0 Å². The Morgan fingerprint density at radius 3 is 2.50 bits per heavy atom. The van der Waals surface area contributed by atoms with Crippen LogP contribution in [-0.2, 0) is 0 Å². The Bertz CT molecular complexity index is 483. The van der Waals surface area contributed by atoms with Crippen LogP contribution in [0.5, 0.6) is 0 Å². The Morgan fingerprint density at radius 1 is 1.09 bits per heavy atom. The van der Waals surface area contributed by atoms with E-state index in [2.05, 4.69) is 28.0 Å². The fourth-order valence-electron chi connectivity index (χ4n) is 3.96. The number of nitrogens with zero attached hydrogens (tertiary/aromatic N) is 3. The molecule has 4 heteroatoms. The number of anilines is 1. The highest BCUT2D eigenvalue weighted by Gasteiger charge is 2.32. The lowest BCUT2D eigenvalue weighted by Crippen LogP contribution is -2.48. The van der Waals surface area contributed by atoms with Crippen LogP contribution in [0.4, 0.5) is 5.82 Å². The lowest BCUT2D eigenvalue weighted by molar-refractivity contribution is 0.00854. The van der Waals surface area contributed by atoms with Crippen molar-refractivity contribution in [1.29, 1.82) is 0 Å². The highest BCUT2D eigenvalue weighted by molar-refractivity contribution is 5.37. The normalized spacial score (nSPS) is 27.8. The van der Waals surface area contributed by atoms with Gasteiger partial charge in [0, 0.05) is 31.7 Å². The van der Waals surface area contributed by atoms with Gasteiger partial charge in [0.2, 0.25) is 0 Å². The molecule has 0 radical (unpaired) electrons. The van der Waals surface area contributed by atoms with Crippen molar-refractivity contribution in [2.45, 2.75) is 56.6 Å². The Hall–Kier alpha value is -1.13. The first-order valence-corrected chi connectivity index (χ1v) is 8.71. The number of rotatable bonds is 3. The van der Waals surface area contributed by atoms with Crippen LogP contribution in [0.15, 0.2) is 18.2 Å². The van der Waals surface area contributed by atoms with Gasteiger partial charge < -0.3 is 10.0 Å². The molecule has 1 aliphatic carbocycles. The van der Waals surface area contributed by atoms with Crippen molar-refractivity contribution in [3.8, 4) is 0 Å². The molecule has 0 aromatic carbocycles. The molecule has 1 N–H and O–H groups in total. The minimum Gasteiger partial charge on any atom is -0.391 e. The summed E-state index contributed by atoms with van der Waals surface area (Å²) in [5, 5.41) is 10.2. The number of aliphatic hydroxyl groups is 1. The first-order chi connectivity index (χ1) is 10.6. The zero-order chi connectivity index (χ0) is 15.5. The first kappa shape index (κ1) is 15.8. The van der Waals surface area contributed by atoms with Crippen molar-refractivity contribution < 1.29 is 5.11 Å². The molecule has 2 fully saturated rings. The number of piperidine rings is 1. The molecule has 1 aromatic rings. The van der Waals surface area contributed by atoms with Crippen LogP contribution in [0.25, 0.3) is 0 Å². The third-order valence-corrected chi connectivity index (χ3v) is 5.32. The zero-order valence-electron chi connectivity index (χ0n) is 13.9. The number of likely N-dealkylation sites (tertiary alicyclic amines) is 1. The van der Waals surface area contributed by atoms with E-state index >= 15 is 0 Å². The average Bonchev–Trinajstić information content (AvgIpc) is 2.56. The molecule has 4 nitrogen and oxygen atoms in total. The Morgan fingerprint density at radius 2 is 1.82 bits per heavy atom. The summed E-state index contributed by atoms with van der Waals surface area (Å²) in [5.74, 6) is 1.61. The van der Waals surface area contributed by atoms with Gasteiger partial charge in [-0.1, -0.05) is 18.9 Å². The topological polar surface area (TPSA) is 39.6 Å². The Balaban J connectivity index is 1.60. The van der Waals surface area contributed by atoms with Gasteiger partial charge in [0.05, 0.1) is 6.10 Å². The van der Waals surface area contributed by atoms with E-state index in [4.69, 9.17) is 4.98 Å². The van der Waals surface area contributed by atoms with Crippen LogP contribution < -0.4 is 4.90 Å². The van der Waals surface area contributed by atoms with Gasteiger partial charge in [-0.3, -0.25) is 4.90 Å². The smallest absolute Gasteiger partial charge is 0.128 e. The first-order valence-electron chi connectivity index (χ1n) is 8.71. The molecular weight excluding hydrogens is 274 g/mol. The lowest BCUT2D eigenvalue weighted by atomic mass is 9.87. The number of pyridine rings is 1. The minimum absolute atomic E-state index is 0.111. The molecule has 2 atom stereocenters. The third kappa shape index (κ3) is 3.44. The molecule has 0 amide bonds. The number of hydrogen-bond acceptors (Lipinski definition) is 4. The second-order valence-electron chi connectivity index (χ2n) is 7.04. The second kappa shape index (κ2) is 6.97. The standard InChI is InChI=1S/C18H29N3O/c1-20(2)18-9-5-6-15(19-18)14-10-12-21(13-11-14)16-7-3-4-8-17(16)22/h5-6,9,14,16-17,22H,3-4,7-8,10-13H2,1-2H3/t16-,17+/m0/s1. The fraction of sp³-hybridized carbons (Fsp3) is 0.722. The molecule has 0 unspecified atom stereocenters. The van der Waals surface area contributed by atoms with Gasteiger partial charge in [0.25, 0.3) is 0 Å². The highest BCUT2D eigenvalue weighted by Crippen LogP contribution is 2.31. The van der Waals surface area contributed by atoms with Crippen LogP contribution in [-0.4, -0.2) is 54.3 Å². The lowest BCUT2D eigenvalue weighted by Gasteiger charge is -2.41. The summed E-state index contributed by atoms with van der Waals surface area (Å²) in [6.45, 7) is 2.19. The fourth-order valence-corrected chi connectivity index (χ4v) is 3.96. The van der Waals surface area contributed by atoms with E-state index in [1.165, 1.54) is 25.0 Å². The molecular formula is C18H29N3O.